The van der Waals surface area contributed by atoms with Crippen LogP contribution >= 0.6 is 39.3 Å². The zero-order chi connectivity index (χ0) is 10.8. The Morgan fingerprint density at radius 2 is 2.33 bits per heavy atom. The Morgan fingerprint density at radius 1 is 1.53 bits per heavy atom. The van der Waals surface area contributed by atoms with Gasteiger partial charge in [0.15, 0.2) is 5.78 Å². The fourth-order valence-electron chi connectivity index (χ4n) is 1.65. The van der Waals surface area contributed by atoms with Gasteiger partial charge in [-0.3, -0.25) is 4.79 Å². The topological polar surface area (TPSA) is 17.1 Å². The van der Waals surface area contributed by atoms with Crippen LogP contribution in [0.1, 0.15) is 16.8 Å². The molecule has 0 bridgehead atoms. The lowest BCUT2D eigenvalue weighted by atomic mass is 9.97. The summed E-state index contributed by atoms with van der Waals surface area (Å²) in [5.74, 6) is 2.38. The van der Waals surface area contributed by atoms with Crippen LogP contribution in [0.25, 0.3) is 0 Å². The van der Waals surface area contributed by atoms with Crippen molar-refractivity contribution in [2.45, 2.75) is 6.42 Å². The molecule has 1 aliphatic rings. The van der Waals surface area contributed by atoms with E-state index >= 15 is 0 Å². The standard InChI is InChI=1S/C11H10BrClOS/c12-8-1-2-9(10(13)5-8)11(14)7-3-4-15-6-7/h1-2,5,7H,3-4,6H2. The van der Waals surface area contributed by atoms with Gasteiger partial charge >= 0.3 is 0 Å². The van der Waals surface area contributed by atoms with Crippen molar-refractivity contribution in [2.24, 2.45) is 5.92 Å². The van der Waals surface area contributed by atoms with E-state index in [9.17, 15) is 4.79 Å². The van der Waals surface area contributed by atoms with Gasteiger partial charge in [-0.1, -0.05) is 27.5 Å². The van der Waals surface area contributed by atoms with Gasteiger partial charge in [-0.25, -0.2) is 0 Å². The van der Waals surface area contributed by atoms with Crippen LogP contribution in [0, 0.1) is 5.92 Å². The molecule has 2 rings (SSSR count). The zero-order valence-corrected chi connectivity index (χ0v) is 11.2. The van der Waals surface area contributed by atoms with Crippen LogP contribution in [-0.2, 0) is 0 Å². The van der Waals surface area contributed by atoms with Gasteiger partial charge < -0.3 is 0 Å². The lowest BCUT2D eigenvalue weighted by Crippen LogP contribution is -2.14. The minimum atomic E-state index is 0.161. The fraction of sp³-hybridized carbons (Fsp3) is 0.364. The highest BCUT2D eigenvalue weighted by molar-refractivity contribution is 9.10. The van der Waals surface area contributed by atoms with Gasteiger partial charge in [0.25, 0.3) is 0 Å². The summed E-state index contributed by atoms with van der Waals surface area (Å²) in [7, 11) is 0. The summed E-state index contributed by atoms with van der Waals surface area (Å²) < 4.78 is 0.907. The molecule has 0 radical (unpaired) electrons. The van der Waals surface area contributed by atoms with Gasteiger partial charge in [-0.2, -0.15) is 11.8 Å². The highest BCUT2D eigenvalue weighted by atomic mass is 79.9. The maximum Gasteiger partial charge on any atom is 0.168 e. The van der Waals surface area contributed by atoms with E-state index < -0.39 is 0 Å². The zero-order valence-electron chi connectivity index (χ0n) is 8.00. The lowest BCUT2D eigenvalue weighted by molar-refractivity contribution is 0.0934. The second-order valence-corrected chi connectivity index (χ2v) is 6.02. The third kappa shape index (κ3) is 2.58. The van der Waals surface area contributed by atoms with E-state index in [2.05, 4.69) is 15.9 Å². The van der Waals surface area contributed by atoms with Crippen LogP contribution in [0.5, 0.6) is 0 Å². The molecule has 1 nitrogen and oxygen atoms in total. The fourth-order valence-corrected chi connectivity index (χ4v) is 3.64. The number of rotatable bonds is 2. The molecule has 80 valence electrons. The molecular weight excluding hydrogens is 296 g/mol. The van der Waals surface area contributed by atoms with Gasteiger partial charge in [0, 0.05) is 21.7 Å². The van der Waals surface area contributed by atoms with E-state index in [0.29, 0.717) is 10.6 Å². The third-order valence-electron chi connectivity index (χ3n) is 2.50. The molecule has 1 aliphatic heterocycles. The van der Waals surface area contributed by atoms with E-state index in [1.807, 2.05) is 17.8 Å². The lowest BCUT2D eigenvalue weighted by Gasteiger charge is -2.08. The highest BCUT2D eigenvalue weighted by Crippen LogP contribution is 2.30. The quantitative estimate of drug-likeness (QED) is 0.767. The number of halogens is 2. The summed E-state index contributed by atoms with van der Waals surface area (Å²) in [6, 6.07) is 5.44. The smallest absolute Gasteiger partial charge is 0.168 e. The van der Waals surface area contributed by atoms with Crippen LogP contribution < -0.4 is 0 Å². The van der Waals surface area contributed by atoms with Crippen molar-refractivity contribution in [3.05, 3.63) is 33.3 Å². The molecule has 1 atom stereocenters. The molecule has 0 amide bonds. The molecule has 0 spiro atoms. The molecule has 0 aliphatic carbocycles. The van der Waals surface area contributed by atoms with Crippen LogP contribution in [-0.4, -0.2) is 17.3 Å². The third-order valence-corrected chi connectivity index (χ3v) is 4.47. The van der Waals surface area contributed by atoms with Crippen LogP contribution in [0.2, 0.25) is 5.02 Å². The number of ketones is 1. The number of Topliss-reactive ketones (excluding diaryl/α,β-unsaturated/α-hetero) is 1. The molecule has 1 saturated heterocycles. The van der Waals surface area contributed by atoms with Gasteiger partial charge in [0.1, 0.15) is 0 Å². The Labute approximate surface area is 107 Å². The number of carbonyl (C=O) groups is 1. The number of hydrogen-bond donors (Lipinski definition) is 0. The van der Waals surface area contributed by atoms with Crippen molar-refractivity contribution < 1.29 is 4.79 Å². The first kappa shape index (κ1) is 11.5. The number of thioether (sulfide) groups is 1. The average molecular weight is 306 g/mol. The molecule has 0 saturated carbocycles. The molecule has 1 fully saturated rings. The van der Waals surface area contributed by atoms with E-state index in [-0.39, 0.29) is 11.7 Å². The normalized spacial score (nSPS) is 20.5. The molecule has 15 heavy (non-hydrogen) atoms. The van der Waals surface area contributed by atoms with Gasteiger partial charge in [-0.15, -0.1) is 0 Å². The molecule has 1 aromatic carbocycles. The van der Waals surface area contributed by atoms with E-state index in [0.717, 1.165) is 22.4 Å². The Morgan fingerprint density at radius 3 is 2.93 bits per heavy atom. The molecule has 0 N–H and O–H groups in total. The Hall–Kier alpha value is 0.01000. The van der Waals surface area contributed by atoms with Crippen LogP contribution in [0.15, 0.2) is 22.7 Å². The number of hydrogen-bond acceptors (Lipinski definition) is 2. The monoisotopic (exact) mass is 304 g/mol. The second kappa shape index (κ2) is 4.89. The van der Waals surface area contributed by atoms with Crippen molar-refractivity contribution in [3.63, 3.8) is 0 Å². The van der Waals surface area contributed by atoms with Gasteiger partial charge in [0.05, 0.1) is 5.02 Å². The summed E-state index contributed by atoms with van der Waals surface area (Å²) in [4.78, 5) is 12.1. The maximum atomic E-state index is 12.1. The first-order valence-electron chi connectivity index (χ1n) is 4.75. The van der Waals surface area contributed by atoms with Gasteiger partial charge in [-0.05, 0) is 30.4 Å². The first-order valence-corrected chi connectivity index (χ1v) is 7.08. The van der Waals surface area contributed by atoms with Crippen molar-refractivity contribution >= 4 is 45.1 Å². The summed E-state index contributed by atoms with van der Waals surface area (Å²) in [5.41, 5.74) is 0.660. The number of carbonyl (C=O) groups excluding carboxylic acids is 1. The summed E-state index contributed by atoms with van der Waals surface area (Å²) in [6.07, 6.45) is 0.982. The number of benzene rings is 1. The molecule has 4 heteroatoms. The minimum absolute atomic E-state index is 0.161. The van der Waals surface area contributed by atoms with Crippen molar-refractivity contribution in [2.75, 3.05) is 11.5 Å². The Kier molecular flexibility index (Phi) is 3.75. The SMILES string of the molecule is O=C(c1ccc(Br)cc1Cl)C1CCSC1. The molecule has 1 unspecified atom stereocenters. The van der Waals surface area contributed by atoms with Crippen LogP contribution in [0.4, 0.5) is 0 Å². The molecule has 0 aromatic heterocycles. The predicted molar refractivity (Wildman–Crippen MR) is 68.9 cm³/mol. The molecular formula is C11H10BrClOS. The molecule has 1 heterocycles. The molecule has 1 aromatic rings. The highest BCUT2D eigenvalue weighted by Gasteiger charge is 2.25. The summed E-state index contributed by atoms with van der Waals surface area (Å²) in [5, 5.41) is 0.547. The Bertz CT molecular complexity index is 388. The van der Waals surface area contributed by atoms with Crippen LogP contribution in [0.3, 0.4) is 0 Å². The van der Waals surface area contributed by atoms with E-state index in [1.165, 1.54) is 0 Å². The van der Waals surface area contributed by atoms with Crippen molar-refractivity contribution in [3.8, 4) is 0 Å². The van der Waals surface area contributed by atoms with Gasteiger partial charge in [0.2, 0.25) is 0 Å². The van der Waals surface area contributed by atoms with E-state index in [1.54, 1.807) is 12.1 Å². The van der Waals surface area contributed by atoms with Crippen molar-refractivity contribution in [1.82, 2.24) is 0 Å². The summed E-state index contributed by atoms with van der Waals surface area (Å²) >= 11 is 11.2. The summed E-state index contributed by atoms with van der Waals surface area (Å²) in [6.45, 7) is 0. The first-order chi connectivity index (χ1) is 7.18. The second-order valence-electron chi connectivity index (χ2n) is 3.55. The average Bonchev–Trinajstić information content (AvgIpc) is 2.69. The largest absolute Gasteiger partial charge is 0.294 e. The van der Waals surface area contributed by atoms with E-state index in [4.69, 9.17) is 11.6 Å². The minimum Gasteiger partial charge on any atom is -0.294 e. The predicted octanol–water partition coefficient (Wildman–Crippen LogP) is 4.04. The Balaban J connectivity index is 2.24. The van der Waals surface area contributed by atoms with Crippen molar-refractivity contribution in [1.29, 1.82) is 0 Å². The maximum absolute atomic E-state index is 12.1.